The van der Waals surface area contributed by atoms with E-state index in [1.807, 2.05) is 10.9 Å². The van der Waals surface area contributed by atoms with Crippen LogP contribution in [-0.4, -0.2) is 42.4 Å². The van der Waals surface area contributed by atoms with Gasteiger partial charge in [0.1, 0.15) is 0 Å². The van der Waals surface area contributed by atoms with Crippen LogP contribution in [0.25, 0.3) is 0 Å². The molecular weight excluding hydrogens is 252 g/mol. The fourth-order valence-electron chi connectivity index (χ4n) is 3.94. The third-order valence-electron chi connectivity index (χ3n) is 5.03. The molecule has 2 aliphatic carbocycles. The molecule has 112 valence electrons. The number of ether oxygens (including phenoxy) is 1. The number of likely N-dealkylation sites (N-methyl/N-ethyl adjacent to an activating group) is 1. The molecule has 0 saturated heterocycles. The lowest BCUT2D eigenvalue weighted by atomic mass is 10.0. The quantitative estimate of drug-likeness (QED) is 0.857. The molecule has 2 saturated carbocycles. The molecule has 2 fully saturated rings. The van der Waals surface area contributed by atoms with E-state index in [1.165, 1.54) is 19.3 Å². The van der Waals surface area contributed by atoms with Crippen LogP contribution in [0.5, 0.6) is 5.75 Å². The normalized spacial score (nSPS) is 29.6. The van der Waals surface area contributed by atoms with E-state index in [1.54, 1.807) is 7.11 Å². The van der Waals surface area contributed by atoms with Crippen molar-refractivity contribution in [2.45, 2.75) is 31.8 Å². The smallest absolute Gasteiger partial charge is 0.161 e. The average molecular weight is 278 g/mol. The molecule has 0 aromatic carbocycles. The van der Waals surface area contributed by atoms with Crippen molar-refractivity contribution < 1.29 is 4.74 Å². The van der Waals surface area contributed by atoms with Crippen molar-refractivity contribution in [3.63, 3.8) is 0 Å². The van der Waals surface area contributed by atoms with Crippen LogP contribution in [0, 0.1) is 17.8 Å². The molecule has 0 spiro atoms. The third kappa shape index (κ3) is 2.33. The van der Waals surface area contributed by atoms with Gasteiger partial charge in [0, 0.05) is 6.54 Å². The van der Waals surface area contributed by atoms with E-state index >= 15 is 0 Å². The lowest BCUT2D eigenvalue weighted by molar-refractivity contribution is 0.353. The largest absolute Gasteiger partial charge is 0.493 e. The van der Waals surface area contributed by atoms with Crippen LogP contribution < -0.4 is 10.5 Å². The summed E-state index contributed by atoms with van der Waals surface area (Å²) in [6.07, 6.45) is 5.91. The zero-order valence-corrected chi connectivity index (χ0v) is 12.7. The molecule has 2 N–H and O–H groups in total. The van der Waals surface area contributed by atoms with Crippen molar-refractivity contribution in [2.75, 3.05) is 27.7 Å². The number of methoxy groups -OCH3 is 1. The van der Waals surface area contributed by atoms with E-state index in [2.05, 4.69) is 24.1 Å². The number of nitrogens with two attached hydrogens (primary N) is 1. The average Bonchev–Trinajstić information content (AvgIpc) is 2.81. The summed E-state index contributed by atoms with van der Waals surface area (Å²) in [5, 5.41) is 4.47. The molecule has 1 aromatic rings. The van der Waals surface area contributed by atoms with Gasteiger partial charge in [-0.3, -0.25) is 4.68 Å². The lowest BCUT2D eigenvalue weighted by Gasteiger charge is -2.18. The molecule has 0 radical (unpaired) electrons. The second-order valence-corrected chi connectivity index (χ2v) is 6.49. The summed E-state index contributed by atoms with van der Waals surface area (Å²) in [4.78, 5) is 2.16. The predicted molar refractivity (Wildman–Crippen MR) is 78.6 cm³/mol. The Morgan fingerprint density at radius 2 is 2.15 bits per heavy atom. The summed E-state index contributed by atoms with van der Waals surface area (Å²) >= 11 is 0. The van der Waals surface area contributed by atoms with E-state index in [4.69, 9.17) is 10.5 Å². The van der Waals surface area contributed by atoms with Gasteiger partial charge < -0.3 is 15.4 Å². The molecule has 0 aliphatic heterocycles. The number of rotatable bonds is 6. The van der Waals surface area contributed by atoms with E-state index in [9.17, 15) is 0 Å². The van der Waals surface area contributed by atoms with Crippen LogP contribution in [-0.2, 0) is 6.54 Å². The second kappa shape index (κ2) is 5.37. The minimum atomic E-state index is 0.0740. The number of nitrogens with zero attached hydrogens (tertiary/aromatic N) is 3. The Kier molecular flexibility index (Phi) is 3.73. The molecular formula is C15H26N4O. The summed E-state index contributed by atoms with van der Waals surface area (Å²) in [5.41, 5.74) is 7.66. The van der Waals surface area contributed by atoms with E-state index in [0.29, 0.717) is 5.92 Å². The zero-order chi connectivity index (χ0) is 14.3. The monoisotopic (exact) mass is 278 g/mol. The predicted octanol–water partition coefficient (Wildman–Crippen LogP) is 1.50. The Labute approximate surface area is 121 Å². The van der Waals surface area contributed by atoms with Gasteiger partial charge in [-0.25, -0.2) is 0 Å². The second-order valence-electron chi connectivity index (χ2n) is 6.49. The molecule has 1 heterocycles. The molecule has 0 bridgehead atoms. The van der Waals surface area contributed by atoms with Crippen molar-refractivity contribution in [1.29, 1.82) is 0 Å². The van der Waals surface area contributed by atoms with Crippen molar-refractivity contribution in [3.8, 4) is 5.75 Å². The van der Waals surface area contributed by atoms with Gasteiger partial charge in [-0.05, 0) is 44.7 Å². The Morgan fingerprint density at radius 3 is 2.75 bits per heavy atom. The third-order valence-corrected chi connectivity index (χ3v) is 5.03. The topological polar surface area (TPSA) is 56.3 Å². The highest BCUT2D eigenvalue weighted by molar-refractivity contribution is 5.31. The summed E-state index contributed by atoms with van der Waals surface area (Å²) in [7, 11) is 5.86. The standard InChI is InChI=1S/C15H26N4O/c1-18(2)7-8-19-15(12(20-3)9-17-19)14(16)13-10-5-4-6-11(10)13/h9-11,13-14H,4-8,16H2,1-3H3. The van der Waals surface area contributed by atoms with Crippen molar-refractivity contribution in [3.05, 3.63) is 11.9 Å². The number of hydrogen-bond acceptors (Lipinski definition) is 4. The SMILES string of the molecule is COc1cnn(CCN(C)C)c1C(N)C1C2CCCC21. The van der Waals surface area contributed by atoms with Gasteiger partial charge in [-0.1, -0.05) is 6.42 Å². The first-order chi connectivity index (χ1) is 9.63. The van der Waals surface area contributed by atoms with E-state index in [-0.39, 0.29) is 6.04 Å². The summed E-state index contributed by atoms with van der Waals surface area (Å²) < 4.78 is 7.52. The zero-order valence-electron chi connectivity index (χ0n) is 12.7. The van der Waals surface area contributed by atoms with Gasteiger partial charge in [0.25, 0.3) is 0 Å². The fraction of sp³-hybridized carbons (Fsp3) is 0.800. The molecule has 3 atom stereocenters. The Hall–Kier alpha value is -1.07. The maximum atomic E-state index is 6.56. The van der Waals surface area contributed by atoms with Crippen molar-refractivity contribution >= 4 is 0 Å². The highest BCUT2D eigenvalue weighted by atomic mass is 16.5. The minimum Gasteiger partial charge on any atom is -0.493 e. The van der Waals surface area contributed by atoms with Crippen LogP contribution >= 0.6 is 0 Å². The maximum absolute atomic E-state index is 6.56. The molecule has 2 aliphatic rings. The van der Waals surface area contributed by atoms with E-state index in [0.717, 1.165) is 36.4 Å². The lowest BCUT2D eigenvalue weighted by Crippen LogP contribution is -2.25. The number of fused-ring (bicyclic) bond motifs is 1. The fourth-order valence-corrected chi connectivity index (χ4v) is 3.94. The summed E-state index contributed by atoms with van der Waals surface area (Å²) in [5.74, 6) is 3.20. The van der Waals surface area contributed by atoms with Crippen molar-refractivity contribution in [2.24, 2.45) is 23.5 Å². The van der Waals surface area contributed by atoms with Gasteiger partial charge in [-0.15, -0.1) is 0 Å². The highest BCUT2D eigenvalue weighted by Gasteiger charge is 2.56. The Balaban J connectivity index is 1.77. The maximum Gasteiger partial charge on any atom is 0.161 e. The molecule has 0 amide bonds. The van der Waals surface area contributed by atoms with Gasteiger partial charge in [0.2, 0.25) is 0 Å². The molecule has 3 rings (SSSR count). The number of hydrogen-bond donors (Lipinski definition) is 1. The Bertz CT molecular complexity index is 460. The first-order valence-corrected chi connectivity index (χ1v) is 7.63. The highest BCUT2D eigenvalue weighted by Crippen LogP contribution is 2.62. The first kappa shape index (κ1) is 13.9. The number of aromatic nitrogens is 2. The minimum absolute atomic E-state index is 0.0740. The molecule has 1 aromatic heterocycles. The van der Waals surface area contributed by atoms with Gasteiger partial charge in [-0.2, -0.15) is 5.10 Å². The molecule has 5 nitrogen and oxygen atoms in total. The van der Waals surface area contributed by atoms with Crippen LogP contribution in [0.15, 0.2) is 6.20 Å². The molecule has 20 heavy (non-hydrogen) atoms. The van der Waals surface area contributed by atoms with Gasteiger partial charge in [0.05, 0.1) is 31.6 Å². The van der Waals surface area contributed by atoms with Crippen LogP contribution in [0.1, 0.15) is 31.0 Å². The summed E-state index contributed by atoms with van der Waals surface area (Å²) in [6, 6.07) is 0.0740. The van der Waals surface area contributed by atoms with Gasteiger partial charge in [0.15, 0.2) is 5.75 Å². The van der Waals surface area contributed by atoms with E-state index < -0.39 is 0 Å². The van der Waals surface area contributed by atoms with Crippen LogP contribution in [0.4, 0.5) is 0 Å². The summed E-state index contributed by atoms with van der Waals surface area (Å²) in [6.45, 7) is 1.82. The van der Waals surface area contributed by atoms with Crippen molar-refractivity contribution in [1.82, 2.24) is 14.7 Å². The Morgan fingerprint density at radius 1 is 1.45 bits per heavy atom. The molecule has 3 unspecified atom stereocenters. The van der Waals surface area contributed by atoms with Crippen LogP contribution in [0.3, 0.4) is 0 Å². The first-order valence-electron chi connectivity index (χ1n) is 7.63. The molecule has 5 heteroatoms. The van der Waals surface area contributed by atoms with Gasteiger partial charge >= 0.3 is 0 Å². The van der Waals surface area contributed by atoms with Crippen LogP contribution in [0.2, 0.25) is 0 Å².